The van der Waals surface area contributed by atoms with Gasteiger partial charge in [0, 0.05) is 12.3 Å². The van der Waals surface area contributed by atoms with Gasteiger partial charge in [-0.05, 0) is 17.7 Å². The van der Waals surface area contributed by atoms with Crippen LogP contribution in [0, 0.1) is 10.1 Å². The molecule has 0 aliphatic heterocycles. The second-order valence-electron chi connectivity index (χ2n) is 3.56. The van der Waals surface area contributed by atoms with Crippen LogP contribution < -0.4 is 0 Å². The second-order valence-corrected chi connectivity index (χ2v) is 3.97. The highest BCUT2D eigenvalue weighted by atomic mass is 35.5. The van der Waals surface area contributed by atoms with Crippen LogP contribution in [0.3, 0.4) is 0 Å². The third kappa shape index (κ3) is 2.93. The van der Waals surface area contributed by atoms with E-state index in [4.69, 9.17) is 11.6 Å². The van der Waals surface area contributed by atoms with Crippen LogP contribution in [0.4, 0.5) is 11.4 Å². The molecular weight excluding hydrogens is 252 g/mol. The van der Waals surface area contributed by atoms with Crippen LogP contribution in [0.25, 0.3) is 0 Å². The zero-order valence-corrected chi connectivity index (χ0v) is 10.0. The summed E-state index contributed by atoms with van der Waals surface area (Å²) in [6.45, 7) is 0. The number of benzene rings is 2. The summed E-state index contributed by atoms with van der Waals surface area (Å²) in [6.07, 6.45) is 1.65. The Morgan fingerprint density at radius 1 is 1.17 bits per heavy atom. The fraction of sp³-hybridized carbons (Fsp3) is 0. The van der Waals surface area contributed by atoms with Gasteiger partial charge < -0.3 is 0 Å². The summed E-state index contributed by atoms with van der Waals surface area (Å²) < 4.78 is 0. The van der Waals surface area contributed by atoms with E-state index < -0.39 is 4.92 Å². The number of rotatable bonds is 3. The predicted octanol–water partition coefficient (Wildman–Crippen LogP) is 4.00. The summed E-state index contributed by atoms with van der Waals surface area (Å²) in [6, 6.07) is 13.9. The summed E-state index contributed by atoms with van der Waals surface area (Å²) >= 11 is 5.71. The maximum Gasteiger partial charge on any atom is 0.290 e. The molecule has 0 fully saturated rings. The first-order valence-corrected chi connectivity index (χ1v) is 5.57. The fourth-order valence-electron chi connectivity index (χ4n) is 1.41. The van der Waals surface area contributed by atoms with Crippen LogP contribution in [-0.4, -0.2) is 11.1 Å². The van der Waals surface area contributed by atoms with Crippen molar-refractivity contribution >= 4 is 29.2 Å². The van der Waals surface area contributed by atoms with E-state index in [0.29, 0.717) is 5.69 Å². The van der Waals surface area contributed by atoms with Crippen molar-refractivity contribution in [2.24, 2.45) is 4.99 Å². The summed E-state index contributed by atoms with van der Waals surface area (Å²) in [5.74, 6) is 0. The topological polar surface area (TPSA) is 55.5 Å². The lowest BCUT2D eigenvalue weighted by Crippen LogP contribution is -1.88. The number of nitro groups is 1. The number of hydrogen-bond donors (Lipinski definition) is 0. The summed E-state index contributed by atoms with van der Waals surface area (Å²) in [5, 5.41) is 10.8. The molecule has 0 amide bonds. The monoisotopic (exact) mass is 260 g/mol. The number of halogens is 1. The lowest BCUT2D eigenvalue weighted by atomic mass is 10.2. The minimum absolute atomic E-state index is 0.110. The molecule has 0 aliphatic carbocycles. The van der Waals surface area contributed by atoms with Gasteiger partial charge in [0.25, 0.3) is 5.69 Å². The predicted molar refractivity (Wildman–Crippen MR) is 71.8 cm³/mol. The molecule has 0 aromatic heterocycles. The van der Waals surface area contributed by atoms with Gasteiger partial charge in [-0.1, -0.05) is 41.9 Å². The van der Waals surface area contributed by atoms with Gasteiger partial charge in [0.2, 0.25) is 0 Å². The molecule has 90 valence electrons. The largest absolute Gasteiger partial charge is 0.290 e. The Labute approximate surface area is 109 Å². The molecule has 0 radical (unpaired) electrons. The molecule has 0 heterocycles. The highest BCUT2D eigenvalue weighted by Gasteiger charge is 2.11. The van der Waals surface area contributed by atoms with E-state index in [0.717, 1.165) is 5.56 Å². The van der Waals surface area contributed by atoms with E-state index in [2.05, 4.69) is 4.99 Å². The van der Waals surface area contributed by atoms with Crippen LogP contribution in [0.15, 0.2) is 53.5 Å². The maximum absolute atomic E-state index is 10.7. The normalized spacial score (nSPS) is 10.7. The molecule has 0 saturated heterocycles. The SMILES string of the molecule is O=[N+]([O-])c1cc(N=Cc2ccccc2)ccc1Cl. The van der Waals surface area contributed by atoms with Gasteiger partial charge in [-0.3, -0.25) is 15.1 Å². The third-order valence-corrected chi connectivity index (χ3v) is 2.61. The van der Waals surface area contributed by atoms with E-state index in [1.807, 2.05) is 30.3 Å². The molecule has 5 heteroatoms. The molecule has 18 heavy (non-hydrogen) atoms. The molecule has 0 aliphatic rings. The lowest BCUT2D eigenvalue weighted by molar-refractivity contribution is -0.384. The standard InChI is InChI=1S/C13H9ClN2O2/c14-12-7-6-11(8-13(12)16(17)18)15-9-10-4-2-1-3-5-10/h1-9H. The van der Waals surface area contributed by atoms with Gasteiger partial charge in [0.1, 0.15) is 5.02 Å². The van der Waals surface area contributed by atoms with Crippen molar-refractivity contribution in [2.45, 2.75) is 0 Å². The van der Waals surface area contributed by atoms with E-state index in [9.17, 15) is 10.1 Å². The van der Waals surface area contributed by atoms with E-state index in [-0.39, 0.29) is 10.7 Å². The van der Waals surface area contributed by atoms with Crippen LogP contribution in [0.5, 0.6) is 0 Å². The number of aliphatic imine (C=N–C) groups is 1. The van der Waals surface area contributed by atoms with Gasteiger partial charge in [0.05, 0.1) is 10.6 Å². The van der Waals surface area contributed by atoms with E-state index in [1.165, 1.54) is 12.1 Å². The molecule has 0 spiro atoms. The van der Waals surface area contributed by atoms with Crippen LogP contribution >= 0.6 is 11.6 Å². The number of nitro benzene ring substituents is 1. The smallest absolute Gasteiger partial charge is 0.258 e. The minimum Gasteiger partial charge on any atom is -0.258 e. The van der Waals surface area contributed by atoms with Crippen molar-refractivity contribution in [3.63, 3.8) is 0 Å². The third-order valence-electron chi connectivity index (χ3n) is 2.29. The van der Waals surface area contributed by atoms with Crippen LogP contribution in [-0.2, 0) is 0 Å². The fourth-order valence-corrected chi connectivity index (χ4v) is 1.60. The van der Waals surface area contributed by atoms with Gasteiger partial charge >= 0.3 is 0 Å². The summed E-state index contributed by atoms with van der Waals surface area (Å²) in [4.78, 5) is 14.4. The Morgan fingerprint density at radius 3 is 2.56 bits per heavy atom. The Morgan fingerprint density at radius 2 is 1.89 bits per heavy atom. The molecule has 2 aromatic carbocycles. The molecule has 2 aromatic rings. The highest BCUT2D eigenvalue weighted by molar-refractivity contribution is 6.32. The van der Waals surface area contributed by atoms with Crippen LogP contribution in [0.2, 0.25) is 5.02 Å². The van der Waals surface area contributed by atoms with Crippen molar-refractivity contribution in [1.82, 2.24) is 0 Å². The van der Waals surface area contributed by atoms with Crippen molar-refractivity contribution in [3.05, 3.63) is 69.2 Å². The molecule has 0 saturated carbocycles. The quantitative estimate of drug-likeness (QED) is 0.476. The molecule has 4 nitrogen and oxygen atoms in total. The average molecular weight is 261 g/mol. The second kappa shape index (κ2) is 5.42. The summed E-state index contributed by atoms with van der Waals surface area (Å²) in [5.41, 5.74) is 1.28. The Bertz CT molecular complexity index is 597. The average Bonchev–Trinajstić information content (AvgIpc) is 2.38. The summed E-state index contributed by atoms with van der Waals surface area (Å²) in [7, 11) is 0. The number of nitrogens with zero attached hydrogens (tertiary/aromatic N) is 2. The van der Waals surface area contributed by atoms with Crippen molar-refractivity contribution in [1.29, 1.82) is 0 Å². The molecule has 0 bridgehead atoms. The maximum atomic E-state index is 10.7. The lowest BCUT2D eigenvalue weighted by Gasteiger charge is -1.97. The van der Waals surface area contributed by atoms with Crippen LogP contribution in [0.1, 0.15) is 5.56 Å². The Balaban J connectivity index is 2.28. The molecule has 0 N–H and O–H groups in total. The van der Waals surface area contributed by atoms with E-state index >= 15 is 0 Å². The van der Waals surface area contributed by atoms with Gasteiger partial charge in [-0.2, -0.15) is 0 Å². The van der Waals surface area contributed by atoms with Crippen molar-refractivity contribution < 1.29 is 4.92 Å². The first-order chi connectivity index (χ1) is 8.66. The molecule has 0 unspecified atom stereocenters. The zero-order valence-electron chi connectivity index (χ0n) is 9.29. The van der Waals surface area contributed by atoms with E-state index in [1.54, 1.807) is 12.3 Å². The zero-order chi connectivity index (χ0) is 13.0. The minimum atomic E-state index is -0.524. The number of hydrogen-bond acceptors (Lipinski definition) is 3. The molecule has 2 rings (SSSR count). The Hall–Kier alpha value is -2.20. The van der Waals surface area contributed by atoms with Gasteiger partial charge in [0.15, 0.2) is 0 Å². The Kier molecular flexibility index (Phi) is 3.69. The van der Waals surface area contributed by atoms with Crippen molar-refractivity contribution in [2.75, 3.05) is 0 Å². The molecular formula is C13H9ClN2O2. The highest BCUT2D eigenvalue weighted by Crippen LogP contribution is 2.28. The first-order valence-electron chi connectivity index (χ1n) is 5.20. The first kappa shape index (κ1) is 12.3. The molecule has 0 atom stereocenters. The van der Waals surface area contributed by atoms with Gasteiger partial charge in [-0.25, -0.2) is 0 Å². The van der Waals surface area contributed by atoms with Crippen molar-refractivity contribution in [3.8, 4) is 0 Å². The van der Waals surface area contributed by atoms with Gasteiger partial charge in [-0.15, -0.1) is 0 Å².